The van der Waals surface area contributed by atoms with Crippen LogP contribution < -0.4 is 0 Å². The molecule has 3 heteroatoms. The number of ether oxygens (including phenoxy) is 2. The number of hydrogen-bond donors (Lipinski definition) is 1. The smallest absolute Gasteiger partial charge is 0.157 e. The quantitative estimate of drug-likeness (QED) is 0.752. The molecule has 2 rings (SSSR count). The van der Waals surface area contributed by atoms with Gasteiger partial charge in [-0.05, 0) is 32.1 Å². The predicted molar refractivity (Wildman–Crippen MR) is 53.0 cm³/mol. The summed E-state index contributed by atoms with van der Waals surface area (Å²) in [6.45, 7) is 1.46. The Balaban J connectivity index is 1.61. The first kappa shape index (κ1) is 10.4. The van der Waals surface area contributed by atoms with Crippen molar-refractivity contribution >= 4 is 0 Å². The molecular formula is C11H20O3. The zero-order chi connectivity index (χ0) is 9.86. The molecule has 82 valence electrons. The maximum atomic E-state index is 10.1. The van der Waals surface area contributed by atoms with Gasteiger partial charge in [0, 0.05) is 0 Å². The highest BCUT2D eigenvalue weighted by molar-refractivity contribution is 4.83. The lowest BCUT2D eigenvalue weighted by Gasteiger charge is -2.22. The van der Waals surface area contributed by atoms with E-state index in [2.05, 4.69) is 0 Å². The van der Waals surface area contributed by atoms with Crippen LogP contribution >= 0.6 is 0 Å². The maximum absolute atomic E-state index is 10.1. The summed E-state index contributed by atoms with van der Waals surface area (Å²) in [7, 11) is 0. The molecule has 0 radical (unpaired) electrons. The summed E-state index contributed by atoms with van der Waals surface area (Å²) < 4.78 is 10.7. The first-order valence-corrected chi connectivity index (χ1v) is 5.74. The molecule has 1 N–H and O–H groups in total. The molecule has 0 amide bonds. The first-order valence-electron chi connectivity index (χ1n) is 5.74. The predicted octanol–water partition coefficient (Wildman–Crippen LogP) is 1.83. The standard InChI is InChI=1S/C11H20O3/c12-11(5-1-2-6-11)7-3-4-10-13-8-9-14-10/h10,12H,1-9H2. The molecule has 1 aliphatic heterocycles. The third-order valence-corrected chi connectivity index (χ3v) is 3.31. The Morgan fingerprint density at radius 2 is 1.79 bits per heavy atom. The number of hydrogen-bond acceptors (Lipinski definition) is 3. The fourth-order valence-electron chi connectivity index (χ4n) is 2.45. The van der Waals surface area contributed by atoms with Crippen molar-refractivity contribution in [1.82, 2.24) is 0 Å². The van der Waals surface area contributed by atoms with E-state index in [1.807, 2.05) is 0 Å². The highest BCUT2D eigenvalue weighted by Crippen LogP contribution is 2.34. The molecule has 1 aliphatic carbocycles. The Kier molecular flexibility index (Phi) is 3.42. The molecule has 0 unspecified atom stereocenters. The van der Waals surface area contributed by atoms with Crippen molar-refractivity contribution in [2.24, 2.45) is 0 Å². The average Bonchev–Trinajstić information content (AvgIpc) is 2.77. The van der Waals surface area contributed by atoms with E-state index in [4.69, 9.17) is 9.47 Å². The van der Waals surface area contributed by atoms with Gasteiger partial charge in [-0.1, -0.05) is 12.8 Å². The van der Waals surface area contributed by atoms with E-state index < -0.39 is 0 Å². The normalized spacial score (nSPS) is 27.2. The van der Waals surface area contributed by atoms with Crippen LogP contribution in [0.2, 0.25) is 0 Å². The Morgan fingerprint density at radius 1 is 1.14 bits per heavy atom. The Morgan fingerprint density at radius 3 is 2.43 bits per heavy atom. The van der Waals surface area contributed by atoms with Crippen molar-refractivity contribution in [3.8, 4) is 0 Å². The first-order chi connectivity index (χ1) is 6.79. The van der Waals surface area contributed by atoms with Crippen molar-refractivity contribution in [2.45, 2.75) is 56.8 Å². The van der Waals surface area contributed by atoms with Crippen LogP contribution in [-0.2, 0) is 9.47 Å². The fraction of sp³-hybridized carbons (Fsp3) is 1.00. The van der Waals surface area contributed by atoms with E-state index in [0.29, 0.717) is 0 Å². The molecule has 14 heavy (non-hydrogen) atoms. The maximum Gasteiger partial charge on any atom is 0.157 e. The molecule has 1 saturated carbocycles. The van der Waals surface area contributed by atoms with Gasteiger partial charge in [0.05, 0.1) is 18.8 Å². The molecule has 1 saturated heterocycles. The van der Waals surface area contributed by atoms with Crippen molar-refractivity contribution in [3.05, 3.63) is 0 Å². The molecule has 0 atom stereocenters. The summed E-state index contributed by atoms with van der Waals surface area (Å²) in [4.78, 5) is 0. The second-order valence-corrected chi connectivity index (χ2v) is 4.49. The highest BCUT2D eigenvalue weighted by Gasteiger charge is 2.30. The zero-order valence-electron chi connectivity index (χ0n) is 8.71. The van der Waals surface area contributed by atoms with Gasteiger partial charge in [-0.2, -0.15) is 0 Å². The monoisotopic (exact) mass is 200 g/mol. The van der Waals surface area contributed by atoms with E-state index in [-0.39, 0.29) is 11.9 Å². The molecule has 0 aromatic heterocycles. The van der Waals surface area contributed by atoms with Gasteiger partial charge in [-0.3, -0.25) is 0 Å². The fourth-order valence-corrected chi connectivity index (χ4v) is 2.45. The summed E-state index contributed by atoms with van der Waals surface area (Å²) in [5.41, 5.74) is -0.362. The van der Waals surface area contributed by atoms with Crippen LogP contribution in [-0.4, -0.2) is 30.2 Å². The molecule has 2 aliphatic rings. The SMILES string of the molecule is OC1(CCCC2OCCO2)CCCC1. The van der Waals surface area contributed by atoms with Gasteiger partial charge in [0.25, 0.3) is 0 Å². The number of aliphatic hydroxyl groups is 1. The van der Waals surface area contributed by atoms with Crippen molar-refractivity contribution in [3.63, 3.8) is 0 Å². The number of rotatable bonds is 4. The van der Waals surface area contributed by atoms with Crippen LogP contribution in [0.25, 0.3) is 0 Å². The minimum absolute atomic E-state index is 0.00000283. The largest absolute Gasteiger partial charge is 0.390 e. The minimum Gasteiger partial charge on any atom is -0.390 e. The second-order valence-electron chi connectivity index (χ2n) is 4.49. The molecule has 0 aromatic rings. The van der Waals surface area contributed by atoms with Crippen LogP contribution in [0.1, 0.15) is 44.9 Å². The second kappa shape index (κ2) is 4.60. The Bertz CT molecular complexity index is 169. The van der Waals surface area contributed by atoms with Crippen LogP contribution in [0, 0.1) is 0 Å². The summed E-state index contributed by atoms with van der Waals surface area (Å²) in [6, 6.07) is 0. The van der Waals surface area contributed by atoms with Crippen LogP contribution in [0.5, 0.6) is 0 Å². The summed E-state index contributed by atoms with van der Waals surface area (Å²) >= 11 is 0. The lowest BCUT2D eigenvalue weighted by atomic mass is 9.95. The van der Waals surface area contributed by atoms with Gasteiger partial charge in [0.2, 0.25) is 0 Å². The van der Waals surface area contributed by atoms with Gasteiger partial charge >= 0.3 is 0 Å². The molecular weight excluding hydrogens is 180 g/mol. The van der Waals surface area contributed by atoms with Crippen LogP contribution in [0.3, 0.4) is 0 Å². The molecule has 0 bridgehead atoms. The van der Waals surface area contributed by atoms with Gasteiger partial charge in [0.1, 0.15) is 0 Å². The van der Waals surface area contributed by atoms with Crippen LogP contribution in [0.4, 0.5) is 0 Å². The Labute approximate surface area is 85.4 Å². The Hall–Kier alpha value is -0.120. The molecule has 3 nitrogen and oxygen atoms in total. The topological polar surface area (TPSA) is 38.7 Å². The van der Waals surface area contributed by atoms with Crippen molar-refractivity contribution in [2.75, 3.05) is 13.2 Å². The van der Waals surface area contributed by atoms with Crippen molar-refractivity contribution < 1.29 is 14.6 Å². The zero-order valence-corrected chi connectivity index (χ0v) is 8.71. The summed E-state index contributed by atoms with van der Waals surface area (Å²) in [5, 5.41) is 10.1. The minimum atomic E-state index is -0.362. The molecule has 1 heterocycles. The average molecular weight is 200 g/mol. The summed E-state index contributed by atoms with van der Waals surface area (Å²) in [6.07, 6.45) is 7.21. The van der Waals surface area contributed by atoms with E-state index in [1.54, 1.807) is 0 Å². The lowest BCUT2D eigenvalue weighted by molar-refractivity contribution is -0.0529. The lowest BCUT2D eigenvalue weighted by Crippen LogP contribution is -2.24. The van der Waals surface area contributed by atoms with E-state index in [9.17, 15) is 5.11 Å². The molecule has 0 aromatic carbocycles. The third kappa shape index (κ3) is 2.69. The van der Waals surface area contributed by atoms with Gasteiger partial charge in [-0.15, -0.1) is 0 Å². The van der Waals surface area contributed by atoms with E-state index >= 15 is 0 Å². The molecule has 2 fully saturated rings. The van der Waals surface area contributed by atoms with Gasteiger partial charge in [0.15, 0.2) is 6.29 Å². The molecule has 0 spiro atoms. The van der Waals surface area contributed by atoms with E-state index in [1.165, 1.54) is 12.8 Å². The van der Waals surface area contributed by atoms with E-state index in [0.717, 1.165) is 45.3 Å². The highest BCUT2D eigenvalue weighted by atomic mass is 16.7. The van der Waals surface area contributed by atoms with Crippen LogP contribution in [0.15, 0.2) is 0 Å². The summed E-state index contributed by atoms with van der Waals surface area (Å²) in [5.74, 6) is 0. The van der Waals surface area contributed by atoms with Gasteiger partial charge < -0.3 is 14.6 Å². The third-order valence-electron chi connectivity index (χ3n) is 3.31. The van der Waals surface area contributed by atoms with Crippen molar-refractivity contribution in [1.29, 1.82) is 0 Å². The van der Waals surface area contributed by atoms with Gasteiger partial charge in [-0.25, -0.2) is 0 Å².